The van der Waals surface area contributed by atoms with Gasteiger partial charge in [0.05, 0.1) is 36.8 Å². The third-order valence-electron chi connectivity index (χ3n) is 10.5. The first-order chi connectivity index (χ1) is 24.2. The normalized spacial score (nSPS) is 23.6. The molecular weight excluding hydrogens is 642 g/mol. The number of halogens is 2. The number of carbonyl (C=O) groups excluding carboxylic acids is 1. The first-order valence-corrected chi connectivity index (χ1v) is 17.6. The highest BCUT2D eigenvalue weighted by atomic mass is 19.1. The molecule has 11 nitrogen and oxygen atoms in total. The Hall–Kier alpha value is -4.33. The molecule has 4 fully saturated rings. The predicted octanol–water partition coefficient (Wildman–Crippen LogP) is 6.04. The molecule has 0 unspecified atom stereocenters. The van der Waals surface area contributed by atoms with Crippen LogP contribution in [0.4, 0.5) is 37.5 Å². The van der Waals surface area contributed by atoms with E-state index in [-0.39, 0.29) is 11.5 Å². The number of piperazine rings is 1. The van der Waals surface area contributed by atoms with Crippen LogP contribution in [0.3, 0.4) is 0 Å². The second-order valence-electron chi connectivity index (χ2n) is 13.8. The van der Waals surface area contributed by atoms with E-state index in [1.54, 1.807) is 13.2 Å². The second kappa shape index (κ2) is 14.5. The molecule has 0 radical (unpaired) electrons. The maximum absolute atomic E-state index is 14.7. The van der Waals surface area contributed by atoms with Gasteiger partial charge in [-0.3, -0.25) is 19.4 Å². The lowest BCUT2D eigenvalue weighted by Crippen LogP contribution is -2.61. The number of aromatic nitrogens is 2. The fraction of sp³-hybridized carbons (Fsp3) is 0.486. The van der Waals surface area contributed by atoms with E-state index in [0.717, 1.165) is 62.9 Å². The van der Waals surface area contributed by atoms with Crippen LogP contribution < -0.4 is 25.3 Å². The van der Waals surface area contributed by atoms with Crippen molar-refractivity contribution in [2.75, 3.05) is 60.5 Å². The van der Waals surface area contributed by atoms with Crippen molar-refractivity contribution < 1.29 is 23.1 Å². The Morgan fingerprint density at radius 1 is 0.960 bits per heavy atom. The minimum absolute atomic E-state index is 0.194. The monoisotopic (exact) mass is 688 g/mol. The van der Waals surface area contributed by atoms with Gasteiger partial charge in [0.2, 0.25) is 5.91 Å². The summed E-state index contributed by atoms with van der Waals surface area (Å²) >= 11 is 0. The van der Waals surface area contributed by atoms with Crippen molar-refractivity contribution in [2.24, 2.45) is 0 Å². The Bertz CT molecular complexity index is 1720. The maximum atomic E-state index is 14.7. The number of ether oxygens (including phenoxy) is 1. The van der Waals surface area contributed by atoms with Crippen LogP contribution >= 0.6 is 0 Å². The molecule has 50 heavy (non-hydrogen) atoms. The van der Waals surface area contributed by atoms with Gasteiger partial charge < -0.3 is 20.3 Å². The Labute approximate surface area is 292 Å². The van der Waals surface area contributed by atoms with Crippen molar-refractivity contribution >= 4 is 34.6 Å². The number of benzene rings is 2. The predicted molar refractivity (Wildman–Crippen MR) is 190 cm³/mol. The number of hydroxylamine groups is 1. The summed E-state index contributed by atoms with van der Waals surface area (Å²) in [6.45, 7) is 12.7. The lowest BCUT2D eigenvalue weighted by molar-refractivity contribution is -0.111. The lowest BCUT2D eigenvalue weighted by Gasteiger charge is -2.49. The van der Waals surface area contributed by atoms with Crippen molar-refractivity contribution in [3.63, 3.8) is 0 Å². The van der Waals surface area contributed by atoms with Gasteiger partial charge in [-0.1, -0.05) is 6.58 Å². The zero-order valence-corrected chi connectivity index (χ0v) is 28.9. The first-order valence-electron chi connectivity index (χ1n) is 17.6. The van der Waals surface area contributed by atoms with E-state index in [1.165, 1.54) is 36.4 Å². The molecule has 1 saturated carbocycles. The summed E-state index contributed by atoms with van der Waals surface area (Å²) in [5.74, 6) is 0.00335. The van der Waals surface area contributed by atoms with Gasteiger partial charge in [-0.25, -0.2) is 23.8 Å². The highest BCUT2D eigenvalue weighted by Gasteiger charge is 2.40. The van der Waals surface area contributed by atoms with Crippen LogP contribution in [0.25, 0.3) is 0 Å². The molecule has 4 heterocycles. The SMILES string of the molecule is C=CC(=O)Nc1cc(Nc2cc(N3OCC[C@@H]3c3cc(F)ccc3F)ncn2)c(OC)cc1N1CCC(N2C[C@H](C)N(C3CC3)C[C@H]2C)CC1. The van der Waals surface area contributed by atoms with Gasteiger partial charge in [-0.15, -0.1) is 0 Å². The summed E-state index contributed by atoms with van der Waals surface area (Å²) in [4.78, 5) is 34.9. The Kier molecular flexibility index (Phi) is 9.89. The molecule has 4 aliphatic rings. The van der Waals surface area contributed by atoms with Gasteiger partial charge in [-0.05, 0) is 69.9 Å². The van der Waals surface area contributed by atoms with Crippen molar-refractivity contribution in [3.8, 4) is 5.75 Å². The van der Waals surface area contributed by atoms with E-state index in [2.05, 4.69) is 55.7 Å². The molecule has 1 amide bonds. The molecule has 3 aliphatic heterocycles. The van der Waals surface area contributed by atoms with Gasteiger partial charge in [-0.2, -0.15) is 0 Å². The minimum Gasteiger partial charge on any atom is -0.494 e. The van der Waals surface area contributed by atoms with Gasteiger partial charge in [0.1, 0.15) is 29.5 Å². The minimum atomic E-state index is -0.564. The zero-order valence-electron chi connectivity index (χ0n) is 28.9. The van der Waals surface area contributed by atoms with E-state index in [1.807, 2.05) is 12.1 Å². The zero-order chi connectivity index (χ0) is 34.9. The van der Waals surface area contributed by atoms with E-state index < -0.39 is 17.7 Å². The van der Waals surface area contributed by atoms with Gasteiger partial charge in [0.25, 0.3) is 0 Å². The number of nitrogens with zero attached hydrogens (tertiary/aromatic N) is 6. The third-order valence-corrected chi connectivity index (χ3v) is 10.5. The Balaban J connectivity index is 1.09. The molecule has 13 heteroatoms. The molecule has 0 spiro atoms. The fourth-order valence-electron chi connectivity index (χ4n) is 7.84. The van der Waals surface area contributed by atoms with Crippen LogP contribution in [0.15, 0.2) is 55.4 Å². The molecular formula is C37H46F2N8O3. The number of piperidine rings is 1. The van der Waals surface area contributed by atoms with E-state index in [4.69, 9.17) is 9.57 Å². The number of amides is 1. The molecule has 1 aliphatic carbocycles. The molecule has 1 aromatic heterocycles. The number of anilines is 5. The van der Waals surface area contributed by atoms with Gasteiger partial charge in [0.15, 0.2) is 5.82 Å². The van der Waals surface area contributed by atoms with Crippen LogP contribution in [0.1, 0.15) is 57.6 Å². The summed E-state index contributed by atoms with van der Waals surface area (Å²) in [5.41, 5.74) is 2.26. The molecule has 0 bridgehead atoms. The van der Waals surface area contributed by atoms with Crippen LogP contribution in [-0.4, -0.2) is 89.7 Å². The van der Waals surface area contributed by atoms with E-state index in [0.29, 0.717) is 59.9 Å². The number of nitrogens with one attached hydrogen (secondary N) is 2. The topological polar surface area (TPSA) is 98.3 Å². The number of carbonyl (C=O) groups is 1. The molecule has 266 valence electrons. The van der Waals surface area contributed by atoms with Crippen LogP contribution in [0.5, 0.6) is 5.75 Å². The number of hydrogen-bond acceptors (Lipinski definition) is 10. The molecule has 3 aromatic rings. The lowest BCUT2D eigenvalue weighted by atomic mass is 9.97. The van der Waals surface area contributed by atoms with Crippen LogP contribution in [0, 0.1) is 11.6 Å². The highest BCUT2D eigenvalue weighted by Crippen LogP contribution is 2.41. The van der Waals surface area contributed by atoms with E-state index in [9.17, 15) is 13.6 Å². The summed E-state index contributed by atoms with van der Waals surface area (Å²) in [6.07, 6.45) is 7.82. The standard InChI is InChI=1S/C37H46F2N8O3/c1-5-37(48)43-30-17-31(42-35-19-36(41-22-40-35)47-32(12-15-50-47)28-16-25(38)6-9-29(28)39)34(49-4)18-33(30)44-13-10-27(11-14-44)46-21-23(2)45(20-24(46)3)26-7-8-26/h5-6,9,16-19,22-24,26-27,32H,1,7-8,10-15,20-21H2,2-4H3,(H,43,48)(H,40,41,42)/t23-,24+,32+/m0/s1. The van der Waals surface area contributed by atoms with Crippen molar-refractivity contribution in [1.82, 2.24) is 19.8 Å². The molecule has 2 aromatic carbocycles. The summed E-state index contributed by atoms with van der Waals surface area (Å²) in [5, 5.41) is 7.78. The third kappa shape index (κ3) is 7.12. The Morgan fingerprint density at radius 3 is 2.36 bits per heavy atom. The molecule has 2 N–H and O–H groups in total. The summed E-state index contributed by atoms with van der Waals surface area (Å²) in [7, 11) is 1.60. The highest BCUT2D eigenvalue weighted by molar-refractivity contribution is 6.02. The Morgan fingerprint density at radius 2 is 1.68 bits per heavy atom. The van der Waals surface area contributed by atoms with Gasteiger partial charge >= 0.3 is 0 Å². The summed E-state index contributed by atoms with van der Waals surface area (Å²) in [6, 6.07) is 10.7. The van der Waals surface area contributed by atoms with Crippen molar-refractivity contribution in [1.29, 1.82) is 0 Å². The summed E-state index contributed by atoms with van der Waals surface area (Å²) < 4.78 is 34.6. The second-order valence-corrected chi connectivity index (χ2v) is 13.8. The van der Waals surface area contributed by atoms with E-state index >= 15 is 0 Å². The molecule has 3 atom stereocenters. The fourth-order valence-corrected chi connectivity index (χ4v) is 7.84. The average Bonchev–Trinajstić information content (AvgIpc) is 3.85. The quantitative estimate of drug-likeness (QED) is 0.246. The number of methoxy groups -OCH3 is 1. The van der Waals surface area contributed by atoms with Gasteiger partial charge in [0, 0.05) is 74.5 Å². The number of rotatable bonds is 10. The number of hydrogen-bond donors (Lipinski definition) is 2. The van der Waals surface area contributed by atoms with Crippen LogP contribution in [-0.2, 0) is 9.63 Å². The average molecular weight is 689 g/mol. The first kappa shape index (κ1) is 34.1. The van der Waals surface area contributed by atoms with Crippen molar-refractivity contribution in [3.05, 3.63) is 72.6 Å². The smallest absolute Gasteiger partial charge is 0.247 e. The van der Waals surface area contributed by atoms with Crippen molar-refractivity contribution in [2.45, 2.75) is 76.2 Å². The maximum Gasteiger partial charge on any atom is 0.247 e. The van der Waals surface area contributed by atoms with Crippen LogP contribution in [0.2, 0.25) is 0 Å². The largest absolute Gasteiger partial charge is 0.494 e. The molecule has 7 rings (SSSR count). The molecule has 3 saturated heterocycles.